The van der Waals surface area contributed by atoms with Gasteiger partial charge in [-0.05, 0) is 6.42 Å². The van der Waals surface area contributed by atoms with E-state index in [1.165, 1.54) is 0 Å². The standard InChI is InChI=1S/C11H15N5O/c1-4-7-5-16-10(13-7)8-9(12-6-14(8)2)15(3)11(16)17/h6-7H,4-5H2,1-3H3/t7-/m0/s1. The number of urea groups is 1. The molecule has 0 radical (unpaired) electrons. The Labute approximate surface area is 99.6 Å². The van der Waals surface area contributed by atoms with Gasteiger partial charge >= 0.3 is 6.03 Å². The van der Waals surface area contributed by atoms with Gasteiger partial charge in [0.1, 0.15) is 5.69 Å². The summed E-state index contributed by atoms with van der Waals surface area (Å²) in [5, 5.41) is 0. The largest absolute Gasteiger partial charge is 0.331 e. The molecular formula is C11H15N5O. The summed E-state index contributed by atoms with van der Waals surface area (Å²) in [7, 11) is 3.68. The molecule has 6 nitrogen and oxygen atoms in total. The number of amides is 2. The van der Waals surface area contributed by atoms with Crippen molar-refractivity contribution in [1.29, 1.82) is 0 Å². The number of imidazole rings is 1. The molecule has 0 fully saturated rings. The number of rotatable bonds is 1. The van der Waals surface area contributed by atoms with Crippen molar-refractivity contribution < 1.29 is 4.79 Å². The maximum atomic E-state index is 12.2. The molecule has 1 aromatic rings. The van der Waals surface area contributed by atoms with E-state index in [9.17, 15) is 4.79 Å². The van der Waals surface area contributed by atoms with Gasteiger partial charge in [-0.1, -0.05) is 6.92 Å². The van der Waals surface area contributed by atoms with Crippen LogP contribution in [-0.2, 0) is 7.05 Å². The molecular weight excluding hydrogens is 218 g/mol. The maximum absolute atomic E-state index is 12.2. The number of hydrogen-bond acceptors (Lipinski definition) is 3. The van der Waals surface area contributed by atoms with Crippen LogP contribution < -0.4 is 4.90 Å². The Morgan fingerprint density at radius 2 is 2.24 bits per heavy atom. The third-order valence-corrected chi connectivity index (χ3v) is 3.39. The summed E-state index contributed by atoms with van der Waals surface area (Å²) >= 11 is 0. The minimum atomic E-state index is -0.0362. The summed E-state index contributed by atoms with van der Waals surface area (Å²) in [6.45, 7) is 2.77. The Bertz CT molecular complexity index is 518. The van der Waals surface area contributed by atoms with Crippen LogP contribution in [0.4, 0.5) is 10.6 Å². The number of aliphatic imine (C=N–C) groups is 1. The molecule has 6 heteroatoms. The second-order valence-electron chi connectivity index (χ2n) is 4.49. The van der Waals surface area contributed by atoms with Gasteiger partial charge in [-0.25, -0.2) is 9.78 Å². The first-order chi connectivity index (χ1) is 8.13. The third-order valence-electron chi connectivity index (χ3n) is 3.39. The predicted molar refractivity (Wildman–Crippen MR) is 64.3 cm³/mol. The number of fused-ring (bicyclic) bond motifs is 3. The van der Waals surface area contributed by atoms with E-state index in [4.69, 9.17) is 0 Å². The zero-order valence-corrected chi connectivity index (χ0v) is 10.2. The van der Waals surface area contributed by atoms with Crippen molar-refractivity contribution in [3.8, 4) is 0 Å². The van der Waals surface area contributed by atoms with E-state index in [0.717, 1.165) is 18.0 Å². The summed E-state index contributed by atoms with van der Waals surface area (Å²) in [5.74, 6) is 1.47. The number of nitrogens with zero attached hydrogens (tertiary/aromatic N) is 5. The van der Waals surface area contributed by atoms with Gasteiger partial charge in [0.25, 0.3) is 0 Å². The van der Waals surface area contributed by atoms with Gasteiger partial charge in [0.15, 0.2) is 11.7 Å². The van der Waals surface area contributed by atoms with Crippen LogP contribution >= 0.6 is 0 Å². The van der Waals surface area contributed by atoms with Crippen molar-refractivity contribution in [3.05, 3.63) is 12.0 Å². The molecule has 17 heavy (non-hydrogen) atoms. The Balaban J connectivity index is 2.17. The van der Waals surface area contributed by atoms with Crippen LogP contribution in [0.1, 0.15) is 19.0 Å². The van der Waals surface area contributed by atoms with E-state index >= 15 is 0 Å². The summed E-state index contributed by atoms with van der Waals surface area (Å²) in [4.78, 5) is 24.4. The highest BCUT2D eigenvalue weighted by Gasteiger charge is 2.40. The van der Waals surface area contributed by atoms with E-state index < -0.39 is 0 Å². The first-order valence-corrected chi connectivity index (χ1v) is 5.78. The summed E-state index contributed by atoms with van der Waals surface area (Å²) in [6, 6.07) is 0.175. The fourth-order valence-corrected chi connectivity index (χ4v) is 2.35. The van der Waals surface area contributed by atoms with Crippen LogP contribution in [-0.4, -0.2) is 46.0 Å². The molecule has 0 N–H and O–H groups in total. The maximum Gasteiger partial charge on any atom is 0.331 e. The third kappa shape index (κ3) is 1.23. The topological polar surface area (TPSA) is 53.7 Å². The lowest BCUT2D eigenvalue weighted by molar-refractivity contribution is 0.228. The fraction of sp³-hybridized carbons (Fsp3) is 0.545. The quantitative estimate of drug-likeness (QED) is 0.721. The fourth-order valence-electron chi connectivity index (χ4n) is 2.35. The molecule has 2 amide bonds. The lowest BCUT2D eigenvalue weighted by Crippen LogP contribution is -2.49. The van der Waals surface area contributed by atoms with E-state index in [1.807, 2.05) is 11.6 Å². The lowest BCUT2D eigenvalue weighted by atomic mass is 10.2. The van der Waals surface area contributed by atoms with Gasteiger partial charge in [0.2, 0.25) is 0 Å². The van der Waals surface area contributed by atoms with E-state index in [0.29, 0.717) is 12.4 Å². The number of carbonyl (C=O) groups excluding carboxylic acids is 1. The average molecular weight is 233 g/mol. The number of anilines is 1. The van der Waals surface area contributed by atoms with Crippen molar-refractivity contribution in [2.75, 3.05) is 18.5 Å². The Morgan fingerprint density at radius 1 is 1.47 bits per heavy atom. The van der Waals surface area contributed by atoms with Gasteiger partial charge < -0.3 is 4.57 Å². The van der Waals surface area contributed by atoms with Crippen LogP contribution in [0.3, 0.4) is 0 Å². The Morgan fingerprint density at radius 3 is 2.94 bits per heavy atom. The summed E-state index contributed by atoms with van der Waals surface area (Å²) in [5.41, 5.74) is 0.933. The molecule has 1 aromatic heterocycles. The number of amidine groups is 1. The number of carbonyl (C=O) groups is 1. The van der Waals surface area contributed by atoms with Crippen molar-refractivity contribution in [2.45, 2.75) is 19.4 Å². The van der Waals surface area contributed by atoms with Crippen molar-refractivity contribution in [1.82, 2.24) is 14.5 Å². The first kappa shape index (κ1) is 10.3. The first-order valence-electron chi connectivity index (χ1n) is 5.78. The number of aryl methyl sites for hydroxylation is 1. The number of hydrogen-bond donors (Lipinski definition) is 0. The zero-order chi connectivity index (χ0) is 12.2. The SMILES string of the molecule is CC[C@H]1CN2C(=O)N(C)c3ncn(C)c3C2=N1. The van der Waals surface area contributed by atoms with Crippen molar-refractivity contribution >= 4 is 17.7 Å². The van der Waals surface area contributed by atoms with Crippen LogP contribution in [0.5, 0.6) is 0 Å². The van der Waals surface area contributed by atoms with Gasteiger partial charge in [-0.3, -0.25) is 14.8 Å². The molecule has 3 rings (SSSR count). The molecule has 1 atom stereocenters. The van der Waals surface area contributed by atoms with Crippen molar-refractivity contribution in [3.63, 3.8) is 0 Å². The monoisotopic (exact) mass is 233 g/mol. The minimum Gasteiger partial charge on any atom is -0.329 e. The van der Waals surface area contributed by atoms with Crippen LogP contribution in [0.15, 0.2) is 11.3 Å². The molecule has 90 valence electrons. The van der Waals surface area contributed by atoms with Gasteiger partial charge in [-0.2, -0.15) is 0 Å². The summed E-state index contributed by atoms with van der Waals surface area (Å²) in [6.07, 6.45) is 2.67. The second kappa shape index (κ2) is 3.32. The molecule has 0 aliphatic carbocycles. The van der Waals surface area contributed by atoms with Crippen LogP contribution in [0.25, 0.3) is 0 Å². The highest BCUT2D eigenvalue weighted by molar-refractivity contribution is 6.18. The molecule has 0 saturated heterocycles. The molecule has 0 saturated carbocycles. The van der Waals surface area contributed by atoms with E-state index in [2.05, 4.69) is 16.9 Å². The second-order valence-corrected chi connectivity index (χ2v) is 4.49. The highest BCUT2D eigenvalue weighted by Crippen LogP contribution is 2.30. The molecule has 0 aromatic carbocycles. The van der Waals surface area contributed by atoms with Crippen molar-refractivity contribution in [2.24, 2.45) is 12.0 Å². The smallest absolute Gasteiger partial charge is 0.329 e. The molecule has 3 heterocycles. The lowest BCUT2D eigenvalue weighted by Gasteiger charge is -2.30. The van der Waals surface area contributed by atoms with E-state index in [1.54, 1.807) is 23.2 Å². The zero-order valence-electron chi connectivity index (χ0n) is 10.2. The molecule has 0 bridgehead atoms. The summed E-state index contributed by atoms with van der Waals surface area (Å²) < 4.78 is 1.92. The Kier molecular flexibility index (Phi) is 2.01. The molecule has 0 unspecified atom stereocenters. The molecule has 2 aliphatic heterocycles. The number of aromatic nitrogens is 2. The highest BCUT2D eigenvalue weighted by atomic mass is 16.2. The molecule has 0 spiro atoms. The normalized spacial score (nSPS) is 22.6. The minimum absolute atomic E-state index is 0.0362. The van der Waals surface area contributed by atoms with Gasteiger partial charge in [-0.15, -0.1) is 0 Å². The Hall–Kier alpha value is -1.85. The predicted octanol–water partition coefficient (Wildman–Crippen LogP) is 0.831. The van der Waals surface area contributed by atoms with E-state index in [-0.39, 0.29) is 12.1 Å². The van der Waals surface area contributed by atoms with Crippen LogP contribution in [0.2, 0.25) is 0 Å². The van der Waals surface area contributed by atoms with Gasteiger partial charge in [0, 0.05) is 14.1 Å². The molecule has 2 aliphatic rings. The van der Waals surface area contributed by atoms with Crippen LogP contribution in [0, 0.1) is 0 Å². The van der Waals surface area contributed by atoms with Gasteiger partial charge in [0.05, 0.1) is 18.9 Å². The average Bonchev–Trinajstić information content (AvgIpc) is 2.89.